The highest BCUT2D eigenvalue weighted by Gasteiger charge is 2.18. The maximum absolute atomic E-state index is 14.0. The van der Waals surface area contributed by atoms with Crippen molar-refractivity contribution in [3.8, 4) is 0 Å². The summed E-state index contributed by atoms with van der Waals surface area (Å²) in [5, 5.41) is 3.20. The molecule has 35 heavy (non-hydrogen) atoms. The number of thioether (sulfide) groups is 1. The molecule has 176 valence electrons. The third-order valence-electron chi connectivity index (χ3n) is 5.04. The van der Waals surface area contributed by atoms with Crippen LogP contribution in [-0.4, -0.2) is 21.7 Å². The molecule has 0 spiro atoms. The van der Waals surface area contributed by atoms with Gasteiger partial charge in [0.25, 0.3) is 5.91 Å². The second-order valence-electron chi connectivity index (χ2n) is 7.75. The summed E-state index contributed by atoms with van der Waals surface area (Å²) < 4.78 is 14.0. The van der Waals surface area contributed by atoms with Gasteiger partial charge in [0.1, 0.15) is 11.5 Å². The van der Waals surface area contributed by atoms with Crippen molar-refractivity contribution in [2.24, 2.45) is 0 Å². The van der Waals surface area contributed by atoms with Crippen LogP contribution in [0.2, 0.25) is 0 Å². The van der Waals surface area contributed by atoms with Gasteiger partial charge in [-0.1, -0.05) is 71.6 Å². The van der Waals surface area contributed by atoms with Crippen LogP contribution >= 0.6 is 23.5 Å². The molecular weight excluding hydrogens is 481 g/mol. The first-order valence-corrected chi connectivity index (χ1v) is 12.6. The predicted molar refractivity (Wildman–Crippen MR) is 138 cm³/mol. The van der Waals surface area contributed by atoms with Crippen molar-refractivity contribution in [3.05, 3.63) is 107 Å². The van der Waals surface area contributed by atoms with Crippen molar-refractivity contribution in [1.29, 1.82) is 0 Å². The second-order valence-corrected chi connectivity index (χ2v) is 9.81. The summed E-state index contributed by atoms with van der Waals surface area (Å²) in [5.41, 5.74) is 2.86. The van der Waals surface area contributed by atoms with Crippen LogP contribution in [0.1, 0.15) is 38.9 Å². The van der Waals surface area contributed by atoms with Gasteiger partial charge in [-0.15, -0.1) is 0 Å². The van der Waals surface area contributed by atoms with Crippen molar-refractivity contribution in [2.45, 2.75) is 34.5 Å². The lowest BCUT2D eigenvalue weighted by molar-refractivity contribution is 0.100. The molecule has 0 atom stereocenters. The number of carbonyl (C=O) groups is 2. The fourth-order valence-corrected chi connectivity index (χ4v) is 4.83. The first-order valence-electron chi connectivity index (χ1n) is 10.8. The smallest absolute Gasteiger partial charge is 0.275 e. The lowest BCUT2D eigenvalue weighted by Crippen LogP contribution is -2.16. The Morgan fingerprint density at radius 2 is 1.77 bits per heavy atom. The molecule has 0 fully saturated rings. The normalized spacial score (nSPS) is 10.7. The minimum Gasteiger partial charge on any atom is -0.321 e. The molecule has 3 aromatic carbocycles. The molecule has 0 bridgehead atoms. The maximum atomic E-state index is 14.0. The van der Waals surface area contributed by atoms with Crippen LogP contribution in [-0.2, 0) is 5.75 Å². The quantitative estimate of drug-likeness (QED) is 0.162. The molecule has 0 unspecified atom stereocenters. The van der Waals surface area contributed by atoms with Gasteiger partial charge in [0.2, 0.25) is 0 Å². The Kier molecular flexibility index (Phi) is 7.94. The summed E-state index contributed by atoms with van der Waals surface area (Å²) in [6.45, 7) is 3.48. The molecule has 1 aromatic heterocycles. The molecule has 0 aliphatic carbocycles. The SMILES string of the molecule is CC(=O)c1cccc(NC(=O)c2nc(SCc3ccccc3F)ncc2Sc2ccc(C)cc2)c1. The Hall–Kier alpha value is -3.49. The van der Waals surface area contributed by atoms with E-state index in [0.717, 1.165) is 10.5 Å². The zero-order valence-electron chi connectivity index (χ0n) is 19.1. The standard InChI is InChI=1S/C27H22FN3O2S2/c1-17-10-12-22(13-11-17)35-24-15-29-27(34-16-20-6-3-4-9-23(20)28)31-25(24)26(33)30-21-8-5-7-19(14-21)18(2)32/h3-15H,16H2,1-2H3,(H,30,33). The van der Waals surface area contributed by atoms with Gasteiger partial charge < -0.3 is 5.32 Å². The molecule has 0 saturated carbocycles. The highest BCUT2D eigenvalue weighted by atomic mass is 32.2. The number of anilines is 1. The maximum Gasteiger partial charge on any atom is 0.275 e. The summed E-state index contributed by atoms with van der Waals surface area (Å²) >= 11 is 2.64. The van der Waals surface area contributed by atoms with E-state index < -0.39 is 5.91 Å². The average Bonchev–Trinajstić information content (AvgIpc) is 2.85. The Morgan fingerprint density at radius 1 is 1.00 bits per heavy atom. The Balaban J connectivity index is 1.62. The van der Waals surface area contributed by atoms with Gasteiger partial charge >= 0.3 is 0 Å². The van der Waals surface area contributed by atoms with Crippen molar-refractivity contribution in [2.75, 3.05) is 5.32 Å². The minimum absolute atomic E-state index is 0.0921. The number of amides is 1. The number of halogens is 1. The number of Topliss-reactive ketones (excluding diaryl/α,β-unsaturated/α-hetero) is 1. The van der Waals surface area contributed by atoms with Crippen molar-refractivity contribution < 1.29 is 14.0 Å². The van der Waals surface area contributed by atoms with Gasteiger partial charge in [-0.3, -0.25) is 9.59 Å². The number of nitrogens with zero attached hydrogens (tertiary/aromatic N) is 2. The van der Waals surface area contributed by atoms with Crippen LogP contribution in [0.5, 0.6) is 0 Å². The van der Waals surface area contributed by atoms with Gasteiger partial charge in [-0.2, -0.15) is 0 Å². The number of hydrogen-bond donors (Lipinski definition) is 1. The molecule has 0 saturated heterocycles. The van der Waals surface area contributed by atoms with E-state index in [4.69, 9.17) is 0 Å². The summed E-state index contributed by atoms with van der Waals surface area (Å²) in [6, 6.07) is 21.2. The molecular formula is C27H22FN3O2S2. The first kappa shape index (κ1) is 24.6. The fraction of sp³-hybridized carbons (Fsp3) is 0.111. The number of carbonyl (C=O) groups excluding carboxylic acids is 2. The molecule has 1 heterocycles. The molecule has 5 nitrogen and oxygen atoms in total. The van der Waals surface area contributed by atoms with E-state index in [9.17, 15) is 14.0 Å². The van der Waals surface area contributed by atoms with Gasteiger partial charge in [-0.25, -0.2) is 14.4 Å². The number of ketones is 1. The van der Waals surface area contributed by atoms with E-state index in [1.165, 1.54) is 36.5 Å². The van der Waals surface area contributed by atoms with E-state index in [2.05, 4.69) is 15.3 Å². The summed E-state index contributed by atoms with van der Waals surface area (Å²) in [5.74, 6) is -0.477. The topological polar surface area (TPSA) is 72.0 Å². The van der Waals surface area contributed by atoms with E-state index in [-0.39, 0.29) is 17.3 Å². The molecule has 0 aliphatic rings. The highest BCUT2D eigenvalue weighted by Crippen LogP contribution is 2.32. The molecule has 4 aromatic rings. The summed E-state index contributed by atoms with van der Waals surface area (Å²) in [6.07, 6.45) is 1.61. The van der Waals surface area contributed by atoms with Crippen molar-refractivity contribution >= 4 is 40.9 Å². The van der Waals surface area contributed by atoms with Crippen LogP contribution in [0.25, 0.3) is 0 Å². The van der Waals surface area contributed by atoms with Crippen LogP contribution in [0.4, 0.5) is 10.1 Å². The van der Waals surface area contributed by atoms with E-state index >= 15 is 0 Å². The summed E-state index contributed by atoms with van der Waals surface area (Å²) in [7, 11) is 0. The number of hydrogen-bond acceptors (Lipinski definition) is 6. The molecule has 4 rings (SSSR count). The zero-order chi connectivity index (χ0) is 24.8. The monoisotopic (exact) mass is 503 g/mol. The number of benzene rings is 3. The molecule has 8 heteroatoms. The lowest BCUT2D eigenvalue weighted by Gasteiger charge is -2.11. The fourth-order valence-electron chi connectivity index (χ4n) is 3.16. The second kappa shape index (κ2) is 11.3. The third kappa shape index (κ3) is 6.55. The minimum atomic E-state index is -0.421. The number of aryl methyl sites for hydroxylation is 1. The number of nitrogens with one attached hydrogen (secondary N) is 1. The van der Waals surface area contributed by atoms with Crippen LogP contribution in [0.3, 0.4) is 0 Å². The highest BCUT2D eigenvalue weighted by molar-refractivity contribution is 7.99. The van der Waals surface area contributed by atoms with Gasteiger partial charge in [0.15, 0.2) is 10.9 Å². The van der Waals surface area contributed by atoms with Crippen LogP contribution in [0.15, 0.2) is 93.9 Å². The molecule has 0 aliphatic heterocycles. The van der Waals surface area contributed by atoms with Crippen molar-refractivity contribution in [3.63, 3.8) is 0 Å². The molecule has 1 N–H and O–H groups in total. The number of rotatable bonds is 8. The van der Waals surface area contributed by atoms with Crippen LogP contribution in [0, 0.1) is 12.7 Å². The van der Waals surface area contributed by atoms with Gasteiger partial charge in [0, 0.05) is 28.1 Å². The van der Waals surface area contributed by atoms with Crippen molar-refractivity contribution in [1.82, 2.24) is 9.97 Å². The van der Waals surface area contributed by atoms with Gasteiger partial charge in [0.05, 0.1) is 4.90 Å². The first-order chi connectivity index (χ1) is 16.9. The Morgan fingerprint density at radius 3 is 2.51 bits per heavy atom. The lowest BCUT2D eigenvalue weighted by atomic mass is 10.1. The largest absolute Gasteiger partial charge is 0.321 e. The number of aromatic nitrogens is 2. The van der Waals surface area contributed by atoms with E-state index in [0.29, 0.717) is 32.6 Å². The summed E-state index contributed by atoms with van der Waals surface area (Å²) in [4.78, 5) is 35.5. The van der Waals surface area contributed by atoms with E-state index in [1.54, 1.807) is 48.7 Å². The Labute approximate surface area is 211 Å². The third-order valence-corrected chi connectivity index (χ3v) is 6.98. The average molecular weight is 504 g/mol. The van der Waals surface area contributed by atoms with Crippen LogP contribution < -0.4 is 5.32 Å². The van der Waals surface area contributed by atoms with Gasteiger partial charge in [-0.05, 0) is 49.7 Å². The zero-order valence-corrected chi connectivity index (χ0v) is 20.8. The Bertz CT molecular complexity index is 1380. The molecule has 0 radical (unpaired) electrons. The van der Waals surface area contributed by atoms with E-state index in [1.807, 2.05) is 31.2 Å². The predicted octanol–water partition coefficient (Wildman–Crippen LogP) is 6.82. The molecule has 1 amide bonds.